The molecule has 1 N–H and O–H groups in total. The van der Waals surface area contributed by atoms with Crippen molar-refractivity contribution in [2.45, 2.75) is 6.92 Å². The highest BCUT2D eigenvalue weighted by Gasteiger charge is 2.13. The second kappa shape index (κ2) is 7.25. The maximum Gasteiger partial charge on any atom is 0.241 e. The zero-order chi connectivity index (χ0) is 18.8. The van der Waals surface area contributed by atoms with E-state index in [4.69, 9.17) is 11.6 Å². The van der Waals surface area contributed by atoms with Crippen molar-refractivity contribution >= 4 is 34.4 Å². The molecule has 3 aromatic rings. The van der Waals surface area contributed by atoms with Gasteiger partial charge in [-0.2, -0.15) is 0 Å². The third-order valence-corrected chi connectivity index (χ3v) is 4.35. The van der Waals surface area contributed by atoms with Crippen molar-refractivity contribution in [2.24, 2.45) is 0 Å². The first-order valence-electron chi connectivity index (χ1n) is 8.03. The highest BCUT2D eigenvalue weighted by molar-refractivity contribution is 6.34. The highest BCUT2D eigenvalue weighted by atomic mass is 35.5. The van der Waals surface area contributed by atoms with Crippen LogP contribution < -0.4 is 5.32 Å². The minimum Gasteiger partial charge on any atom is -0.347 e. The fraction of sp³-hybridized carbons (Fsp3) is 0.211. The third-order valence-electron chi connectivity index (χ3n) is 4.04. The lowest BCUT2D eigenvalue weighted by molar-refractivity contribution is -0.126. The van der Waals surface area contributed by atoms with E-state index in [1.54, 1.807) is 44.4 Å². The monoisotopic (exact) mass is 372 g/mol. The number of aromatic nitrogens is 2. The van der Waals surface area contributed by atoms with E-state index in [0.717, 1.165) is 11.1 Å². The van der Waals surface area contributed by atoms with Crippen LogP contribution in [-0.2, 0) is 4.79 Å². The van der Waals surface area contributed by atoms with E-state index in [0.29, 0.717) is 27.6 Å². The molecule has 3 rings (SSSR count). The zero-order valence-corrected chi connectivity index (χ0v) is 15.4. The van der Waals surface area contributed by atoms with Crippen molar-refractivity contribution in [3.8, 4) is 11.1 Å². The number of fused-ring (bicyclic) bond motifs is 1. The van der Waals surface area contributed by atoms with Gasteiger partial charge < -0.3 is 10.2 Å². The molecule has 0 bridgehead atoms. The van der Waals surface area contributed by atoms with Gasteiger partial charge in [0.15, 0.2) is 0 Å². The van der Waals surface area contributed by atoms with Crippen molar-refractivity contribution in [2.75, 3.05) is 26.0 Å². The number of likely N-dealkylation sites (N-methyl/N-ethyl adjacent to an activating group) is 1. The molecule has 7 heteroatoms. The van der Waals surface area contributed by atoms with Gasteiger partial charge in [-0.3, -0.25) is 4.79 Å². The van der Waals surface area contributed by atoms with Crippen LogP contribution in [0.1, 0.15) is 5.69 Å². The number of hydrogen-bond acceptors (Lipinski definition) is 4. The van der Waals surface area contributed by atoms with Crippen molar-refractivity contribution in [1.82, 2.24) is 14.9 Å². The molecular weight excluding hydrogens is 355 g/mol. The lowest BCUT2D eigenvalue weighted by atomic mass is 10.0. The smallest absolute Gasteiger partial charge is 0.241 e. The van der Waals surface area contributed by atoms with E-state index in [-0.39, 0.29) is 18.3 Å². The normalized spacial score (nSPS) is 10.8. The number of hydrogen-bond donors (Lipinski definition) is 1. The number of nitrogens with zero attached hydrogens (tertiary/aromatic N) is 3. The van der Waals surface area contributed by atoms with Crippen LogP contribution in [0.25, 0.3) is 22.0 Å². The van der Waals surface area contributed by atoms with Gasteiger partial charge >= 0.3 is 0 Å². The summed E-state index contributed by atoms with van der Waals surface area (Å²) in [6, 6.07) is 9.92. The van der Waals surface area contributed by atoms with E-state index >= 15 is 0 Å². The Labute approximate surface area is 155 Å². The van der Waals surface area contributed by atoms with E-state index in [1.165, 1.54) is 11.0 Å². The van der Waals surface area contributed by atoms with Crippen molar-refractivity contribution in [1.29, 1.82) is 0 Å². The fourth-order valence-corrected chi connectivity index (χ4v) is 2.85. The van der Waals surface area contributed by atoms with Crippen LogP contribution in [0, 0.1) is 12.7 Å². The lowest BCUT2D eigenvalue weighted by Crippen LogP contribution is -2.29. The molecule has 1 aromatic heterocycles. The second-order valence-corrected chi connectivity index (χ2v) is 6.51. The number of anilines is 1. The Hall–Kier alpha value is -2.73. The lowest BCUT2D eigenvalue weighted by Gasteiger charge is -2.13. The first-order chi connectivity index (χ1) is 12.4. The Morgan fingerprint density at radius 2 is 1.92 bits per heavy atom. The summed E-state index contributed by atoms with van der Waals surface area (Å²) in [4.78, 5) is 22.0. The van der Waals surface area contributed by atoms with Gasteiger partial charge in [0.25, 0.3) is 0 Å². The SMILES string of the molecule is Cc1nc(NCC(=O)N(C)C)nc2cc(-c3ccccc3F)c(Cl)cc12. The number of carbonyl (C=O) groups excluding carboxylic acids is 1. The average molecular weight is 373 g/mol. The van der Waals surface area contributed by atoms with Crippen molar-refractivity contribution in [3.05, 3.63) is 52.9 Å². The number of amides is 1. The number of rotatable bonds is 4. The van der Waals surface area contributed by atoms with Crippen LogP contribution in [0.15, 0.2) is 36.4 Å². The molecular formula is C19H18ClFN4O. The van der Waals surface area contributed by atoms with Crippen LogP contribution >= 0.6 is 11.6 Å². The van der Waals surface area contributed by atoms with E-state index in [9.17, 15) is 9.18 Å². The van der Waals surface area contributed by atoms with Crippen LogP contribution in [-0.4, -0.2) is 41.4 Å². The van der Waals surface area contributed by atoms with E-state index in [2.05, 4.69) is 15.3 Å². The molecule has 134 valence electrons. The Morgan fingerprint density at radius 1 is 1.19 bits per heavy atom. The number of halogens is 2. The first kappa shape index (κ1) is 18.1. The van der Waals surface area contributed by atoms with E-state index < -0.39 is 0 Å². The zero-order valence-electron chi connectivity index (χ0n) is 14.7. The van der Waals surface area contributed by atoms with Crippen molar-refractivity contribution < 1.29 is 9.18 Å². The Morgan fingerprint density at radius 3 is 2.62 bits per heavy atom. The minimum atomic E-state index is -0.352. The molecule has 0 atom stereocenters. The van der Waals surface area contributed by atoms with Crippen LogP contribution in [0.4, 0.5) is 10.3 Å². The van der Waals surface area contributed by atoms with Gasteiger partial charge in [-0.1, -0.05) is 29.8 Å². The van der Waals surface area contributed by atoms with Gasteiger partial charge in [-0.25, -0.2) is 14.4 Å². The second-order valence-electron chi connectivity index (χ2n) is 6.10. The summed E-state index contributed by atoms with van der Waals surface area (Å²) in [7, 11) is 3.36. The third kappa shape index (κ3) is 3.60. The van der Waals surface area contributed by atoms with Gasteiger partial charge in [0.05, 0.1) is 17.8 Å². The van der Waals surface area contributed by atoms with Crippen LogP contribution in [0.5, 0.6) is 0 Å². The van der Waals surface area contributed by atoms with Gasteiger partial charge in [0, 0.05) is 35.6 Å². The fourth-order valence-electron chi connectivity index (χ4n) is 2.58. The molecule has 0 unspecified atom stereocenters. The molecule has 0 spiro atoms. The van der Waals surface area contributed by atoms with Crippen molar-refractivity contribution in [3.63, 3.8) is 0 Å². The van der Waals surface area contributed by atoms with E-state index in [1.807, 2.05) is 6.92 Å². The summed E-state index contributed by atoms with van der Waals surface area (Å²) >= 11 is 6.37. The predicted octanol–water partition coefficient (Wildman–Crippen LogP) is 3.90. The number of nitrogens with one attached hydrogen (secondary N) is 1. The maximum absolute atomic E-state index is 14.2. The molecule has 1 amide bonds. The molecule has 0 saturated heterocycles. The Bertz CT molecular complexity index is 991. The largest absolute Gasteiger partial charge is 0.347 e. The summed E-state index contributed by atoms with van der Waals surface area (Å²) in [5.41, 5.74) is 2.32. The number of carbonyl (C=O) groups is 1. The first-order valence-corrected chi connectivity index (χ1v) is 8.41. The molecule has 0 aliphatic carbocycles. The molecule has 2 aromatic carbocycles. The maximum atomic E-state index is 14.2. The molecule has 0 fully saturated rings. The van der Waals surface area contributed by atoms with Gasteiger partial charge in [-0.05, 0) is 25.1 Å². The quantitative estimate of drug-likeness (QED) is 0.754. The van der Waals surface area contributed by atoms with Gasteiger partial charge in [0.2, 0.25) is 11.9 Å². The number of benzene rings is 2. The van der Waals surface area contributed by atoms with Gasteiger partial charge in [-0.15, -0.1) is 0 Å². The summed E-state index contributed by atoms with van der Waals surface area (Å²) in [6.45, 7) is 1.92. The molecule has 0 aliphatic heterocycles. The topological polar surface area (TPSA) is 58.1 Å². The summed E-state index contributed by atoms with van der Waals surface area (Å²) in [6.07, 6.45) is 0. The Balaban J connectivity index is 2.04. The molecule has 5 nitrogen and oxygen atoms in total. The summed E-state index contributed by atoms with van der Waals surface area (Å²) in [5, 5.41) is 4.13. The molecule has 0 aliphatic rings. The standard InChI is InChI=1S/C19H18ClFN4O/c1-11-13-8-15(20)14(12-6-4-5-7-16(12)21)9-17(13)24-19(23-11)22-10-18(26)25(2)3/h4-9H,10H2,1-3H3,(H,22,23,24). The minimum absolute atomic E-state index is 0.0884. The highest BCUT2D eigenvalue weighted by Crippen LogP contribution is 2.34. The van der Waals surface area contributed by atoms with Crippen LogP contribution in [0.2, 0.25) is 5.02 Å². The predicted molar refractivity (Wildman–Crippen MR) is 102 cm³/mol. The molecule has 0 radical (unpaired) electrons. The van der Waals surface area contributed by atoms with Crippen LogP contribution in [0.3, 0.4) is 0 Å². The number of aryl methyl sites for hydroxylation is 1. The molecule has 0 saturated carbocycles. The molecule has 26 heavy (non-hydrogen) atoms. The average Bonchev–Trinajstić information content (AvgIpc) is 2.60. The Kier molecular flexibility index (Phi) is 5.04. The van der Waals surface area contributed by atoms with Gasteiger partial charge in [0.1, 0.15) is 5.82 Å². The molecule has 1 heterocycles. The summed E-state index contributed by atoms with van der Waals surface area (Å²) < 4.78 is 14.2. The summed E-state index contributed by atoms with van der Waals surface area (Å²) in [5.74, 6) is -0.101.